The molecule has 0 spiro atoms. The van der Waals surface area contributed by atoms with Crippen LogP contribution in [0.1, 0.15) is 12.5 Å². The molecule has 5 heteroatoms. The number of carbonyl (C=O) groups is 1. The number of nitrogen functional groups attached to an aromatic ring is 1. The van der Waals surface area contributed by atoms with Gasteiger partial charge in [0, 0.05) is 5.69 Å². The molecule has 2 aromatic rings. The quantitative estimate of drug-likeness (QED) is 0.831. The first-order valence-electron chi connectivity index (χ1n) is 6.65. The molecule has 0 saturated heterocycles. The Bertz CT molecular complexity index is 644. The molecule has 0 aliphatic rings. The molecule has 4 nitrogen and oxygen atoms in total. The highest BCUT2D eigenvalue weighted by Gasteiger charge is 2.08. The lowest BCUT2D eigenvalue weighted by Crippen LogP contribution is -2.20. The van der Waals surface area contributed by atoms with Crippen molar-refractivity contribution in [2.45, 2.75) is 13.3 Å². The Balaban J connectivity index is 1.94. The lowest BCUT2D eigenvalue weighted by Gasteiger charge is -2.09. The predicted octanol–water partition coefficient (Wildman–Crippen LogP) is 2.99. The molecular weight excluding hydrogens is 271 g/mol. The highest BCUT2D eigenvalue weighted by molar-refractivity contribution is 5.92. The number of amides is 1. The van der Waals surface area contributed by atoms with Crippen molar-refractivity contribution in [1.29, 1.82) is 0 Å². The standard InChI is InChI=1S/C16H17FN2O2/c1-2-11-4-3-5-13(8-11)21-10-16(20)19-15-9-12(18)6-7-14(15)17/h3-9H,2,10,18H2,1H3,(H,19,20). The van der Waals surface area contributed by atoms with E-state index in [1.54, 1.807) is 6.07 Å². The summed E-state index contributed by atoms with van der Waals surface area (Å²) in [5.41, 5.74) is 7.10. The molecule has 21 heavy (non-hydrogen) atoms. The Morgan fingerprint density at radius 1 is 1.29 bits per heavy atom. The lowest BCUT2D eigenvalue weighted by atomic mass is 10.2. The van der Waals surface area contributed by atoms with Crippen molar-refractivity contribution in [2.75, 3.05) is 17.7 Å². The van der Waals surface area contributed by atoms with Crippen LogP contribution in [-0.4, -0.2) is 12.5 Å². The van der Waals surface area contributed by atoms with Crippen molar-refractivity contribution in [3.8, 4) is 5.75 Å². The molecule has 0 aromatic heterocycles. The number of carbonyl (C=O) groups excluding carboxylic acids is 1. The van der Waals surface area contributed by atoms with E-state index in [9.17, 15) is 9.18 Å². The summed E-state index contributed by atoms with van der Waals surface area (Å²) in [7, 11) is 0. The van der Waals surface area contributed by atoms with Crippen LogP contribution in [-0.2, 0) is 11.2 Å². The monoisotopic (exact) mass is 288 g/mol. The number of ether oxygens (including phenoxy) is 1. The molecule has 0 atom stereocenters. The van der Waals surface area contributed by atoms with Gasteiger partial charge < -0.3 is 15.8 Å². The van der Waals surface area contributed by atoms with Crippen molar-refractivity contribution in [1.82, 2.24) is 0 Å². The van der Waals surface area contributed by atoms with Gasteiger partial charge in [0.2, 0.25) is 0 Å². The van der Waals surface area contributed by atoms with Crippen LogP contribution >= 0.6 is 0 Å². The smallest absolute Gasteiger partial charge is 0.262 e. The molecule has 0 unspecified atom stereocenters. The zero-order chi connectivity index (χ0) is 15.2. The number of halogens is 1. The van der Waals surface area contributed by atoms with Gasteiger partial charge in [0.05, 0.1) is 5.69 Å². The number of hydrogen-bond acceptors (Lipinski definition) is 3. The summed E-state index contributed by atoms with van der Waals surface area (Å²) in [5.74, 6) is -0.371. The third-order valence-electron chi connectivity index (χ3n) is 2.94. The number of nitrogens with one attached hydrogen (secondary N) is 1. The van der Waals surface area contributed by atoms with Crippen LogP contribution in [0.15, 0.2) is 42.5 Å². The second-order valence-electron chi connectivity index (χ2n) is 4.58. The summed E-state index contributed by atoms with van der Waals surface area (Å²) in [6.45, 7) is 1.84. The molecular formula is C16H17FN2O2. The second-order valence-corrected chi connectivity index (χ2v) is 4.58. The number of aryl methyl sites for hydroxylation is 1. The first kappa shape index (κ1) is 14.8. The Hall–Kier alpha value is -2.56. The van der Waals surface area contributed by atoms with Crippen molar-refractivity contribution in [2.24, 2.45) is 0 Å². The zero-order valence-corrected chi connectivity index (χ0v) is 11.7. The number of benzene rings is 2. The Labute approximate surface area is 122 Å². The Kier molecular flexibility index (Phi) is 4.77. The molecule has 1 amide bonds. The van der Waals surface area contributed by atoms with Crippen molar-refractivity contribution >= 4 is 17.3 Å². The van der Waals surface area contributed by atoms with Gasteiger partial charge in [-0.3, -0.25) is 4.79 Å². The van der Waals surface area contributed by atoms with Gasteiger partial charge in [0.15, 0.2) is 6.61 Å². The van der Waals surface area contributed by atoms with Gasteiger partial charge in [-0.05, 0) is 42.3 Å². The van der Waals surface area contributed by atoms with Crippen LogP contribution in [0.25, 0.3) is 0 Å². The fourth-order valence-electron chi connectivity index (χ4n) is 1.83. The average molecular weight is 288 g/mol. The normalized spacial score (nSPS) is 10.2. The number of hydrogen-bond donors (Lipinski definition) is 2. The third-order valence-corrected chi connectivity index (χ3v) is 2.94. The van der Waals surface area contributed by atoms with Crippen molar-refractivity contribution in [3.63, 3.8) is 0 Å². The minimum absolute atomic E-state index is 0.0471. The van der Waals surface area contributed by atoms with Crippen LogP contribution in [0.3, 0.4) is 0 Å². The SMILES string of the molecule is CCc1cccc(OCC(=O)Nc2cc(N)ccc2F)c1. The molecule has 0 bridgehead atoms. The van der Waals surface area contributed by atoms with Crippen LogP contribution in [0, 0.1) is 5.82 Å². The van der Waals surface area contributed by atoms with E-state index >= 15 is 0 Å². The summed E-state index contributed by atoms with van der Waals surface area (Å²) < 4.78 is 18.9. The van der Waals surface area contributed by atoms with E-state index in [0.717, 1.165) is 12.0 Å². The summed E-state index contributed by atoms with van der Waals surface area (Å²) in [6, 6.07) is 11.5. The molecule has 0 fully saturated rings. The zero-order valence-electron chi connectivity index (χ0n) is 11.7. The van der Waals surface area contributed by atoms with Crippen molar-refractivity contribution < 1.29 is 13.9 Å². The van der Waals surface area contributed by atoms with E-state index in [4.69, 9.17) is 10.5 Å². The second kappa shape index (κ2) is 6.74. The number of nitrogens with two attached hydrogens (primary N) is 1. The lowest BCUT2D eigenvalue weighted by molar-refractivity contribution is -0.118. The van der Waals surface area contributed by atoms with E-state index in [2.05, 4.69) is 5.32 Å². The van der Waals surface area contributed by atoms with E-state index in [0.29, 0.717) is 11.4 Å². The maximum atomic E-state index is 13.5. The molecule has 0 aliphatic carbocycles. The van der Waals surface area contributed by atoms with E-state index in [1.807, 2.05) is 25.1 Å². The molecule has 3 N–H and O–H groups in total. The highest BCUT2D eigenvalue weighted by atomic mass is 19.1. The third kappa shape index (κ3) is 4.21. The molecule has 110 valence electrons. The largest absolute Gasteiger partial charge is 0.484 e. The summed E-state index contributed by atoms with van der Waals surface area (Å²) in [4.78, 5) is 11.8. The van der Waals surface area contributed by atoms with Crippen LogP contribution < -0.4 is 15.8 Å². The molecule has 2 rings (SSSR count). The maximum absolute atomic E-state index is 13.5. The minimum atomic E-state index is -0.537. The molecule has 0 radical (unpaired) electrons. The summed E-state index contributed by atoms with van der Waals surface area (Å²) in [6.07, 6.45) is 0.887. The Morgan fingerprint density at radius 2 is 2.10 bits per heavy atom. The van der Waals surface area contributed by atoms with Gasteiger partial charge in [-0.15, -0.1) is 0 Å². The van der Waals surface area contributed by atoms with Gasteiger partial charge >= 0.3 is 0 Å². The first-order valence-corrected chi connectivity index (χ1v) is 6.65. The van der Waals surface area contributed by atoms with Crippen molar-refractivity contribution in [3.05, 3.63) is 53.8 Å². The van der Waals surface area contributed by atoms with Crippen LogP contribution in [0.2, 0.25) is 0 Å². The Morgan fingerprint density at radius 3 is 2.86 bits per heavy atom. The summed E-state index contributed by atoms with van der Waals surface area (Å²) >= 11 is 0. The maximum Gasteiger partial charge on any atom is 0.262 e. The highest BCUT2D eigenvalue weighted by Crippen LogP contribution is 2.18. The number of anilines is 2. The number of rotatable bonds is 5. The van der Waals surface area contributed by atoms with Gasteiger partial charge in [-0.1, -0.05) is 19.1 Å². The van der Waals surface area contributed by atoms with E-state index in [1.165, 1.54) is 18.2 Å². The van der Waals surface area contributed by atoms with E-state index in [-0.39, 0.29) is 12.3 Å². The van der Waals surface area contributed by atoms with Gasteiger partial charge in [-0.2, -0.15) is 0 Å². The average Bonchev–Trinajstić information content (AvgIpc) is 2.49. The van der Waals surface area contributed by atoms with Gasteiger partial charge in [0.1, 0.15) is 11.6 Å². The van der Waals surface area contributed by atoms with E-state index < -0.39 is 11.7 Å². The fraction of sp³-hybridized carbons (Fsp3) is 0.188. The predicted molar refractivity (Wildman–Crippen MR) is 80.8 cm³/mol. The molecule has 0 aliphatic heterocycles. The summed E-state index contributed by atoms with van der Waals surface area (Å²) in [5, 5.41) is 2.43. The van der Waals surface area contributed by atoms with Gasteiger partial charge in [0.25, 0.3) is 5.91 Å². The first-order chi connectivity index (χ1) is 10.1. The molecule has 0 heterocycles. The van der Waals surface area contributed by atoms with Gasteiger partial charge in [-0.25, -0.2) is 4.39 Å². The molecule has 0 saturated carbocycles. The van der Waals surface area contributed by atoms with Crippen LogP contribution in [0.5, 0.6) is 5.75 Å². The molecule has 2 aromatic carbocycles. The van der Waals surface area contributed by atoms with Crippen LogP contribution in [0.4, 0.5) is 15.8 Å². The minimum Gasteiger partial charge on any atom is -0.484 e. The fourth-order valence-corrected chi connectivity index (χ4v) is 1.83. The topological polar surface area (TPSA) is 64.3 Å².